The molecule has 1 atom stereocenters. The third kappa shape index (κ3) is 4.35. The maximum atomic E-state index is 13.6. The van der Waals surface area contributed by atoms with E-state index in [0.717, 1.165) is 12.7 Å². The third-order valence-electron chi connectivity index (χ3n) is 6.70. The summed E-state index contributed by atoms with van der Waals surface area (Å²) in [6.45, 7) is 1.76. The molecule has 1 saturated carbocycles. The number of hydrogen-bond donors (Lipinski definition) is 1. The van der Waals surface area contributed by atoms with Crippen LogP contribution in [0, 0.1) is 6.92 Å². The van der Waals surface area contributed by atoms with Gasteiger partial charge >= 0.3 is 0 Å². The van der Waals surface area contributed by atoms with Gasteiger partial charge < -0.3 is 0 Å². The predicted octanol–water partition coefficient (Wildman–Crippen LogP) is 2.67. The Labute approximate surface area is 177 Å². The first-order chi connectivity index (χ1) is 14.5. The number of piperidine rings is 1. The monoisotopic (exact) mass is 407 g/mol. The van der Waals surface area contributed by atoms with Crippen molar-refractivity contribution in [1.82, 2.24) is 14.9 Å². The van der Waals surface area contributed by atoms with Crippen molar-refractivity contribution in [2.75, 3.05) is 0 Å². The molecule has 30 heavy (non-hydrogen) atoms. The van der Waals surface area contributed by atoms with Crippen molar-refractivity contribution in [3.8, 4) is 0 Å². The van der Waals surface area contributed by atoms with Crippen LogP contribution in [0.3, 0.4) is 0 Å². The summed E-state index contributed by atoms with van der Waals surface area (Å²) >= 11 is 0. The van der Waals surface area contributed by atoms with Gasteiger partial charge in [-0.15, -0.1) is 0 Å². The highest BCUT2D eigenvalue weighted by atomic mass is 16.2. The highest BCUT2D eigenvalue weighted by Gasteiger charge is 2.31. The summed E-state index contributed by atoms with van der Waals surface area (Å²) in [5.41, 5.74) is 1.57. The Morgan fingerprint density at radius 2 is 1.70 bits per heavy atom. The van der Waals surface area contributed by atoms with Gasteiger partial charge in [-0.2, -0.15) is 0 Å². The number of imide groups is 1. The molecule has 2 aliphatic rings. The number of nitrogens with zero attached hydrogens (tertiary/aromatic N) is 2. The lowest BCUT2D eigenvalue weighted by atomic mass is 9.55. The minimum Gasteiger partial charge on any atom is -0.295 e. The molecule has 2 aromatic rings. The van der Waals surface area contributed by atoms with Crippen LogP contribution < -0.4 is 16.3 Å². The van der Waals surface area contributed by atoms with Crippen LogP contribution in [0.25, 0.3) is 10.9 Å². The fraction of sp³-hybridized carbons (Fsp3) is 0.565. The SMILES string of the molecule is Cc1nc2cccc(BC3CCCCCCCC3)c2c(=O)n1[C@@H]1CCC(=O)NC1=O. The molecule has 1 N–H and O–H groups in total. The highest BCUT2D eigenvalue weighted by Crippen LogP contribution is 2.26. The molecule has 2 heterocycles. The van der Waals surface area contributed by atoms with Gasteiger partial charge in [-0.1, -0.05) is 74.8 Å². The number of aryl methyl sites for hydroxylation is 1. The van der Waals surface area contributed by atoms with Gasteiger partial charge in [0.2, 0.25) is 11.8 Å². The van der Waals surface area contributed by atoms with Crippen LogP contribution in [0.2, 0.25) is 5.82 Å². The summed E-state index contributed by atoms with van der Waals surface area (Å²) in [6.07, 6.45) is 10.8. The minimum atomic E-state index is -0.676. The molecule has 2 fully saturated rings. The molecular weight excluding hydrogens is 377 g/mol. The molecule has 1 saturated heterocycles. The number of rotatable bonds is 3. The van der Waals surface area contributed by atoms with Gasteiger partial charge in [0, 0.05) is 6.42 Å². The zero-order valence-electron chi connectivity index (χ0n) is 17.8. The van der Waals surface area contributed by atoms with E-state index < -0.39 is 11.9 Å². The number of carbonyl (C=O) groups is 2. The Morgan fingerprint density at radius 3 is 2.40 bits per heavy atom. The molecule has 1 aliphatic carbocycles. The summed E-state index contributed by atoms with van der Waals surface area (Å²) in [6, 6.07) is 5.23. The number of nitrogens with one attached hydrogen (secondary N) is 1. The normalized spacial score (nSPS) is 21.6. The maximum absolute atomic E-state index is 13.6. The molecule has 1 aliphatic heterocycles. The van der Waals surface area contributed by atoms with Gasteiger partial charge in [-0.3, -0.25) is 24.3 Å². The van der Waals surface area contributed by atoms with E-state index >= 15 is 0 Å². The van der Waals surface area contributed by atoms with Crippen molar-refractivity contribution in [2.45, 2.75) is 83.0 Å². The van der Waals surface area contributed by atoms with Gasteiger partial charge in [0.05, 0.1) is 10.9 Å². The molecule has 0 spiro atoms. The average Bonchev–Trinajstić information content (AvgIpc) is 2.83. The lowest BCUT2D eigenvalue weighted by molar-refractivity contribution is -0.135. The van der Waals surface area contributed by atoms with E-state index in [1.807, 2.05) is 18.2 Å². The van der Waals surface area contributed by atoms with E-state index in [2.05, 4.69) is 10.3 Å². The summed E-state index contributed by atoms with van der Waals surface area (Å²) in [5.74, 6) is 0.406. The number of aromatic nitrogens is 2. The van der Waals surface area contributed by atoms with E-state index in [9.17, 15) is 14.4 Å². The van der Waals surface area contributed by atoms with Crippen molar-refractivity contribution >= 4 is 35.5 Å². The van der Waals surface area contributed by atoms with Crippen molar-refractivity contribution in [2.24, 2.45) is 0 Å². The fourth-order valence-electron chi connectivity index (χ4n) is 5.12. The molecule has 0 radical (unpaired) electrons. The van der Waals surface area contributed by atoms with E-state index in [0.29, 0.717) is 29.0 Å². The van der Waals surface area contributed by atoms with Crippen molar-refractivity contribution in [1.29, 1.82) is 0 Å². The van der Waals surface area contributed by atoms with Crippen LogP contribution in [0.15, 0.2) is 23.0 Å². The fourth-order valence-corrected chi connectivity index (χ4v) is 5.12. The number of benzene rings is 1. The smallest absolute Gasteiger partial charge is 0.261 e. The molecular formula is C23H30BN3O3. The second-order valence-corrected chi connectivity index (χ2v) is 8.88. The topological polar surface area (TPSA) is 81.1 Å². The Bertz CT molecular complexity index is 1010. The summed E-state index contributed by atoms with van der Waals surface area (Å²) in [5, 5.41) is 3.00. The predicted molar refractivity (Wildman–Crippen MR) is 120 cm³/mol. The van der Waals surface area contributed by atoms with Crippen molar-refractivity contribution in [3.63, 3.8) is 0 Å². The molecule has 1 aromatic heterocycles. The van der Waals surface area contributed by atoms with Crippen LogP contribution in [0.5, 0.6) is 0 Å². The van der Waals surface area contributed by atoms with Crippen molar-refractivity contribution < 1.29 is 9.59 Å². The lowest BCUT2D eigenvalue weighted by Crippen LogP contribution is -2.45. The molecule has 2 amide bonds. The first-order valence-corrected chi connectivity index (χ1v) is 11.4. The molecule has 0 unspecified atom stereocenters. The van der Waals surface area contributed by atoms with E-state index in [-0.39, 0.29) is 17.9 Å². The highest BCUT2D eigenvalue weighted by molar-refractivity contribution is 6.58. The summed E-state index contributed by atoms with van der Waals surface area (Å²) < 4.78 is 1.50. The number of hydrogen-bond acceptors (Lipinski definition) is 4. The Kier molecular flexibility index (Phi) is 6.35. The largest absolute Gasteiger partial charge is 0.295 e. The van der Waals surface area contributed by atoms with E-state index in [4.69, 9.17) is 0 Å². The first-order valence-electron chi connectivity index (χ1n) is 11.4. The lowest BCUT2D eigenvalue weighted by Gasteiger charge is -2.25. The summed E-state index contributed by atoms with van der Waals surface area (Å²) in [7, 11) is 0.882. The minimum absolute atomic E-state index is 0.161. The van der Waals surface area contributed by atoms with E-state index in [1.165, 1.54) is 55.9 Å². The zero-order valence-corrected chi connectivity index (χ0v) is 17.8. The number of fused-ring (bicyclic) bond motifs is 1. The second-order valence-electron chi connectivity index (χ2n) is 8.88. The van der Waals surface area contributed by atoms with Crippen LogP contribution in [-0.2, 0) is 9.59 Å². The molecule has 158 valence electrons. The van der Waals surface area contributed by atoms with Crippen LogP contribution >= 0.6 is 0 Å². The van der Waals surface area contributed by atoms with Gasteiger partial charge in [-0.05, 0) is 19.4 Å². The van der Waals surface area contributed by atoms with Gasteiger partial charge in [0.25, 0.3) is 5.56 Å². The second kappa shape index (κ2) is 9.15. The third-order valence-corrected chi connectivity index (χ3v) is 6.70. The quantitative estimate of drug-likeness (QED) is 0.627. The number of carbonyl (C=O) groups excluding carboxylic acids is 2. The Balaban J connectivity index is 1.71. The molecule has 1 aromatic carbocycles. The van der Waals surface area contributed by atoms with Crippen LogP contribution in [0.1, 0.15) is 76.1 Å². The molecule has 6 nitrogen and oxygen atoms in total. The maximum Gasteiger partial charge on any atom is 0.261 e. The van der Waals surface area contributed by atoms with Gasteiger partial charge in [0.1, 0.15) is 11.9 Å². The Hall–Kier alpha value is -2.44. The van der Waals surface area contributed by atoms with Crippen LogP contribution in [0.4, 0.5) is 0 Å². The summed E-state index contributed by atoms with van der Waals surface area (Å²) in [4.78, 5) is 42.2. The molecule has 7 heteroatoms. The standard InChI is InChI=1S/C23H30BN3O3/c1-15-25-18-12-8-11-17(24-16-9-6-4-2-3-5-7-10-16)21(18)23(30)27(15)19-13-14-20(28)26-22(19)29/h8,11-12,16,19,24H,2-7,9-10,13-14H2,1H3,(H,26,28,29)/t19-/m1/s1. The van der Waals surface area contributed by atoms with Crippen molar-refractivity contribution in [3.05, 3.63) is 34.4 Å². The first kappa shape index (κ1) is 20.8. The zero-order chi connectivity index (χ0) is 21.1. The number of amides is 2. The Morgan fingerprint density at radius 1 is 1.00 bits per heavy atom. The van der Waals surface area contributed by atoms with E-state index in [1.54, 1.807) is 6.92 Å². The van der Waals surface area contributed by atoms with Gasteiger partial charge in [0.15, 0.2) is 7.28 Å². The van der Waals surface area contributed by atoms with Gasteiger partial charge in [-0.25, -0.2) is 4.98 Å². The molecule has 0 bridgehead atoms. The van der Waals surface area contributed by atoms with Crippen LogP contribution in [-0.4, -0.2) is 28.6 Å². The average molecular weight is 407 g/mol. The molecule has 4 rings (SSSR count).